The number of rotatable bonds is 9. The normalized spacial score (nSPS) is 24.1. The van der Waals surface area contributed by atoms with Gasteiger partial charge in [-0.3, -0.25) is 9.59 Å². The van der Waals surface area contributed by atoms with Crippen LogP contribution in [0.1, 0.15) is 60.5 Å². The van der Waals surface area contributed by atoms with Gasteiger partial charge in [0.15, 0.2) is 0 Å². The molecule has 6 aromatic rings. The number of nitrogens with one attached hydrogen (secondary N) is 2. The molecule has 8 heteroatoms. The van der Waals surface area contributed by atoms with Gasteiger partial charge < -0.3 is 19.8 Å². The van der Waals surface area contributed by atoms with E-state index < -0.39 is 0 Å². The summed E-state index contributed by atoms with van der Waals surface area (Å²) in [6.45, 7) is 0. The Bertz CT molecular complexity index is 2080. The van der Waals surface area contributed by atoms with E-state index in [0.717, 1.165) is 82.1 Å². The fourth-order valence-corrected chi connectivity index (χ4v) is 8.54. The maximum absolute atomic E-state index is 13.3. The van der Waals surface area contributed by atoms with Crippen LogP contribution in [0.5, 0.6) is 0 Å². The molecule has 4 aliphatic rings. The molecule has 8 nitrogen and oxygen atoms in total. The summed E-state index contributed by atoms with van der Waals surface area (Å²) in [4.78, 5) is 47.5. The summed E-state index contributed by atoms with van der Waals surface area (Å²) in [5.41, 5.74) is 7.90. The molecule has 2 N–H and O–H groups in total. The predicted octanol–water partition coefficient (Wildman–Crippen LogP) is 7.96. The van der Waals surface area contributed by atoms with Crippen molar-refractivity contribution < 1.29 is 9.59 Å². The Kier molecular flexibility index (Phi) is 7.44. The van der Waals surface area contributed by atoms with Gasteiger partial charge in [-0.15, -0.1) is 0 Å². The fourth-order valence-electron chi connectivity index (χ4n) is 8.54. The van der Waals surface area contributed by atoms with Crippen LogP contribution in [0.3, 0.4) is 0 Å². The van der Waals surface area contributed by atoms with Crippen LogP contribution in [-0.2, 0) is 9.59 Å². The molecular weight excluding hydrogens is 645 g/mol. The van der Waals surface area contributed by atoms with E-state index in [1.165, 1.54) is 0 Å². The topological polar surface area (TPSA) is 98.0 Å². The van der Waals surface area contributed by atoms with Crippen LogP contribution < -0.4 is 0 Å². The number of aromatic amines is 2. The number of hydrogen-bond donors (Lipinski definition) is 2. The molecule has 0 bridgehead atoms. The average Bonchev–Trinajstić information content (AvgIpc) is 3.76. The Labute approximate surface area is 303 Å². The van der Waals surface area contributed by atoms with Gasteiger partial charge in [-0.25, -0.2) is 9.97 Å². The average molecular weight is 683 g/mol. The van der Waals surface area contributed by atoms with E-state index in [9.17, 15) is 9.59 Å². The number of H-pyrrole nitrogens is 2. The first kappa shape index (κ1) is 31.0. The number of piperidine rings is 2. The summed E-state index contributed by atoms with van der Waals surface area (Å²) in [5, 5.41) is 0. The van der Waals surface area contributed by atoms with Crippen molar-refractivity contribution in [2.45, 2.75) is 49.9 Å². The molecule has 3 unspecified atom stereocenters. The zero-order valence-electron chi connectivity index (χ0n) is 28.6. The van der Waals surface area contributed by atoms with Crippen molar-refractivity contribution in [1.29, 1.82) is 0 Å². The monoisotopic (exact) mass is 682 g/mol. The van der Waals surface area contributed by atoms with E-state index in [2.05, 4.69) is 58.5 Å². The number of hydrogen-bond acceptors (Lipinski definition) is 4. The van der Waals surface area contributed by atoms with E-state index in [1.54, 1.807) is 12.8 Å². The largest absolute Gasteiger partial charge is 0.346 e. The number of fused-ring (bicyclic) bond motifs is 2. The van der Waals surface area contributed by atoms with Crippen LogP contribution in [0, 0.1) is 24.7 Å². The lowest BCUT2D eigenvalue weighted by molar-refractivity contribution is -0.130. The third-order valence-electron chi connectivity index (χ3n) is 11.4. The fraction of sp³-hybridized carbons (Fsp3) is 0.227. The minimum Gasteiger partial charge on any atom is -0.346 e. The first-order valence-corrected chi connectivity index (χ1v) is 18.3. The van der Waals surface area contributed by atoms with Gasteiger partial charge in [-0.1, -0.05) is 109 Å². The zero-order chi connectivity index (χ0) is 34.8. The maximum atomic E-state index is 13.3. The molecule has 52 heavy (non-hydrogen) atoms. The predicted molar refractivity (Wildman–Crippen MR) is 199 cm³/mol. The SMILES string of the molecule is O=C([CH]c1ccccc1)N1C(c2nc(-c3ccc(-c4ccc(-c5c[nH]c([C@@H]6C[C@H]7C[C@H]7N6C(=O)[CH]c6ccccc6)n5)cc4)cc3)c[nH]2)CC2CC21. The molecule has 256 valence electrons. The third kappa shape index (κ3) is 5.72. The summed E-state index contributed by atoms with van der Waals surface area (Å²) in [7, 11) is 0. The van der Waals surface area contributed by atoms with Crippen molar-refractivity contribution in [1.82, 2.24) is 29.7 Å². The number of likely N-dealkylation sites (tertiary alicyclic amines) is 2. The molecule has 2 saturated heterocycles. The van der Waals surface area contributed by atoms with Crippen molar-refractivity contribution in [3.05, 3.63) is 157 Å². The summed E-state index contributed by atoms with van der Waals surface area (Å²) in [6.07, 6.45) is 11.5. The lowest BCUT2D eigenvalue weighted by atomic mass is 10.0. The zero-order valence-corrected chi connectivity index (χ0v) is 28.6. The standard InChI is InChI=1S/C44H38N6O2/c51-41(19-27-7-3-1-4-8-27)49-37-21-33(37)23-39(49)43-45-25-35(47-43)31-15-11-29(12-16-31)30-13-17-32(18-14-30)36-26-46-44(48-36)40-24-34-22-38(34)50(40)42(52)20-28-9-5-2-6-10-28/h1-20,25-26,33-34,37-40H,21-24H2,(H,45,47)(H,46,48)/t33-,34?,37-,38?,39+,40?/m1/s1. The number of amides is 2. The number of aromatic nitrogens is 4. The molecule has 2 aromatic heterocycles. The molecule has 4 fully saturated rings. The summed E-state index contributed by atoms with van der Waals surface area (Å²) < 4.78 is 0. The Morgan fingerprint density at radius 3 is 1.31 bits per heavy atom. The van der Waals surface area contributed by atoms with E-state index in [4.69, 9.17) is 9.97 Å². The second-order valence-corrected chi connectivity index (χ2v) is 14.7. The van der Waals surface area contributed by atoms with E-state index in [1.807, 2.05) is 82.9 Å². The highest BCUT2D eigenvalue weighted by Gasteiger charge is 2.56. The molecule has 2 radical (unpaired) electrons. The van der Waals surface area contributed by atoms with Crippen LogP contribution in [0.15, 0.2) is 122 Å². The first-order chi connectivity index (χ1) is 25.6. The molecule has 2 saturated carbocycles. The van der Waals surface area contributed by atoms with Crippen LogP contribution in [0.4, 0.5) is 0 Å². The van der Waals surface area contributed by atoms with E-state index >= 15 is 0 Å². The summed E-state index contributed by atoms with van der Waals surface area (Å²) >= 11 is 0. The van der Waals surface area contributed by atoms with Gasteiger partial charge in [0.1, 0.15) is 11.6 Å². The number of imidazole rings is 2. The van der Waals surface area contributed by atoms with Crippen molar-refractivity contribution >= 4 is 11.8 Å². The maximum Gasteiger partial charge on any atom is 0.232 e. The second kappa shape index (κ2) is 12.5. The molecule has 2 aliphatic heterocycles. The lowest BCUT2D eigenvalue weighted by Gasteiger charge is -2.26. The van der Waals surface area contributed by atoms with E-state index in [0.29, 0.717) is 23.9 Å². The van der Waals surface area contributed by atoms with E-state index in [-0.39, 0.29) is 23.9 Å². The van der Waals surface area contributed by atoms with Gasteiger partial charge in [-0.2, -0.15) is 0 Å². The number of carbonyl (C=O) groups is 2. The Hall–Kier alpha value is -5.76. The molecule has 0 spiro atoms. The smallest absolute Gasteiger partial charge is 0.232 e. The Morgan fingerprint density at radius 1 is 0.519 bits per heavy atom. The number of carbonyl (C=O) groups excluding carboxylic acids is 2. The highest BCUT2D eigenvalue weighted by atomic mass is 16.2. The third-order valence-corrected chi connectivity index (χ3v) is 11.4. The highest BCUT2D eigenvalue weighted by molar-refractivity contribution is 5.90. The minimum atomic E-state index is -0.0308. The summed E-state index contributed by atoms with van der Waals surface area (Å²) in [5.74, 6) is 2.96. The molecule has 10 rings (SSSR count). The lowest BCUT2D eigenvalue weighted by Crippen LogP contribution is -2.34. The molecule has 4 aromatic carbocycles. The molecule has 6 atom stereocenters. The number of benzene rings is 4. The minimum absolute atomic E-state index is 0.0308. The van der Waals surface area contributed by atoms with Gasteiger partial charge in [0.2, 0.25) is 11.8 Å². The van der Waals surface area contributed by atoms with Crippen LogP contribution >= 0.6 is 0 Å². The van der Waals surface area contributed by atoms with Crippen LogP contribution in [0.25, 0.3) is 33.6 Å². The van der Waals surface area contributed by atoms with Gasteiger partial charge in [0, 0.05) is 35.6 Å². The van der Waals surface area contributed by atoms with Gasteiger partial charge >= 0.3 is 0 Å². The molecule has 4 heterocycles. The second-order valence-electron chi connectivity index (χ2n) is 14.7. The van der Waals surface area contributed by atoms with Gasteiger partial charge in [-0.05, 0) is 59.8 Å². The Balaban J connectivity index is 0.804. The number of nitrogens with zero attached hydrogens (tertiary/aromatic N) is 4. The summed E-state index contributed by atoms with van der Waals surface area (Å²) in [6, 6.07) is 37.1. The first-order valence-electron chi connectivity index (χ1n) is 18.3. The van der Waals surface area contributed by atoms with Crippen molar-refractivity contribution in [3.8, 4) is 33.6 Å². The Morgan fingerprint density at radius 2 is 0.904 bits per heavy atom. The molecule has 2 aliphatic carbocycles. The van der Waals surface area contributed by atoms with Gasteiger partial charge in [0.05, 0.1) is 36.3 Å². The quantitative estimate of drug-likeness (QED) is 0.162. The van der Waals surface area contributed by atoms with Crippen molar-refractivity contribution in [2.75, 3.05) is 0 Å². The van der Waals surface area contributed by atoms with Crippen LogP contribution in [0.2, 0.25) is 0 Å². The van der Waals surface area contributed by atoms with Gasteiger partial charge in [0.25, 0.3) is 0 Å². The molecular formula is C44H38N6O2. The highest BCUT2D eigenvalue weighted by Crippen LogP contribution is 2.54. The molecule has 2 amide bonds. The van der Waals surface area contributed by atoms with Crippen molar-refractivity contribution in [3.63, 3.8) is 0 Å². The van der Waals surface area contributed by atoms with Crippen molar-refractivity contribution in [2.24, 2.45) is 11.8 Å². The van der Waals surface area contributed by atoms with Crippen LogP contribution in [-0.4, -0.2) is 53.6 Å².